The van der Waals surface area contributed by atoms with E-state index in [0.29, 0.717) is 5.92 Å². The largest absolute Gasteiger partial charge is 0.356 e. The molecule has 2 nitrogen and oxygen atoms in total. The molecule has 0 saturated heterocycles. The fraction of sp³-hybridized carbons (Fsp3) is 0.947. The molecule has 1 N–H and O–H groups in total. The molecular weight excluding hydrogens is 258 g/mol. The maximum absolute atomic E-state index is 11.8. The summed E-state index contributed by atoms with van der Waals surface area (Å²) in [6.45, 7) is 13.7. The number of carbonyl (C=O) groups is 1. The molecule has 0 aromatic heterocycles. The summed E-state index contributed by atoms with van der Waals surface area (Å²) in [5.41, 5.74) is -0.267. The molecule has 0 rings (SSSR count). The number of hydrogen-bond donors (Lipinski definition) is 1. The quantitative estimate of drug-likeness (QED) is 0.497. The zero-order valence-electron chi connectivity index (χ0n) is 15.4. The summed E-state index contributed by atoms with van der Waals surface area (Å²) in [4.78, 5) is 11.8. The summed E-state index contributed by atoms with van der Waals surface area (Å²) in [7, 11) is 0. The molecule has 0 bridgehead atoms. The van der Waals surface area contributed by atoms with Gasteiger partial charge >= 0.3 is 0 Å². The molecular formula is C19H39NO. The Balaban J connectivity index is 3.58. The van der Waals surface area contributed by atoms with Crippen molar-refractivity contribution in [2.45, 2.75) is 92.9 Å². The lowest BCUT2D eigenvalue weighted by Crippen LogP contribution is -2.35. The monoisotopic (exact) mass is 297 g/mol. The van der Waals surface area contributed by atoms with Crippen molar-refractivity contribution in [1.82, 2.24) is 5.32 Å². The molecule has 0 saturated carbocycles. The number of carbonyl (C=O) groups excluding carboxylic acids is 1. The number of rotatable bonds is 11. The van der Waals surface area contributed by atoms with Crippen LogP contribution in [0.5, 0.6) is 0 Å². The average Bonchev–Trinajstić information content (AvgIpc) is 2.37. The van der Waals surface area contributed by atoms with Gasteiger partial charge in [-0.1, -0.05) is 86.5 Å². The SMILES string of the molecule is CCCCCC(C)CCCC(C)CCNC(=O)C(C)(C)C. The van der Waals surface area contributed by atoms with E-state index in [1.165, 1.54) is 44.9 Å². The highest BCUT2D eigenvalue weighted by Crippen LogP contribution is 2.19. The van der Waals surface area contributed by atoms with Gasteiger partial charge in [0.25, 0.3) is 0 Å². The highest BCUT2D eigenvalue weighted by Gasteiger charge is 2.20. The Bertz CT molecular complexity index is 267. The zero-order chi connectivity index (χ0) is 16.3. The Hall–Kier alpha value is -0.530. The maximum Gasteiger partial charge on any atom is 0.225 e. The first-order valence-electron chi connectivity index (χ1n) is 9.05. The molecule has 2 unspecified atom stereocenters. The van der Waals surface area contributed by atoms with E-state index >= 15 is 0 Å². The summed E-state index contributed by atoms with van der Waals surface area (Å²) >= 11 is 0. The van der Waals surface area contributed by atoms with E-state index < -0.39 is 0 Å². The molecule has 1 amide bonds. The molecule has 0 heterocycles. The lowest BCUT2D eigenvalue weighted by molar-refractivity contribution is -0.128. The topological polar surface area (TPSA) is 29.1 Å². The average molecular weight is 298 g/mol. The second-order valence-corrected chi connectivity index (χ2v) is 7.93. The number of nitrogens with one attached hydrogen (secondary N) is 1. The van der Waals surface area contributed by atoms with Crippen LogP contribution >= 0.6 is 0 Å². The van der Waals surface area contributed by atoms with Crippen molar-refractivity contribution in [2.24, 2.45) is 17.3 Å². The predicted molar refractivity (Wildman–Crippen MR) is 93.4 cm³/mol. The Labute approximate surface area is 133 Å². The minimum atomic E-state index is -0.267. The van der Waals surface area contributed by atoms with Gasteiger partial charge < -0.3 is 5.32 Å². The van der Waals surface area contributed by atoms with Crippen molar-refractivity contribution in [3.05, 3.63) is 0 Å². The molecule has 0 radical (unpaired) electrons. The van der Waals surface area contributed by atoms with Crippen LogP contribution in [0.15, 0.2) is 0 Å². The van der Waals surface area contributed by atoms with E-state index in [9.17, 15) is 4.79 Å². The van der Waals surface area contributed by atoms with E-state index in [1.807, 2.05) is 20.8 Å². The van der Waals surface area contributed by atoms with Gasteiger partial charge in [0, 0.05) is 12.0 Å². The van der Waals surface area contributed by atoms with Crippen LogP contribution < -0.4 is 5.32 Å². The van der Waals surface area contributed by atoms with Crippen LogP contribution in [0.1, 0.15) is 92.9 Å². The maximum atomic E-state index is 11.8. The first-order valence-corrected chi connectivity index (χ1v) is 9.05. The van der Waals surface area contributed by atoms with Gasteiger partial charge in [0.2, 0.25) is 5.91 Å². The minimum Gasteiger partial charge on any atom is -0.356 e. The molecule has 0 aliphatic rings. The molecule has 0 aromatic carbocycles. The van der Waals surface area contributed by atoms with E-state index in [-0.39, 0.29) is 11.3 Å². The van der Waals surface area contributed by atoms with Crippen molar-refractivity contribution in [3.63, 3.8) is 0 Å². The van der Waals surface area contributed by atoms with Gasteiger partial charge in [0.1, 0.15) is 0 Å². The summed E-state index contributed by atoms with van der Waals surface area (Å²) in [5, 5.41) is 3.05. The summed E-state index contributed by atoms with van der Waals surface area (Å²) in [6.07, 6.45) is 10.6. The number of amides is 1. The van der Waals surface area contributed by atoms with Crippen molar-refractivity contribution < 1.29 is 4.79 Å². The van der Waals surface area contributed by atoms with Crippen LogP contribution in [0, 0.1) is 17.3 Å². The van der Waals surface area contributed by atoms with Crippen LogP contribution in [0.25, 0.3) is 0 Å². The normalized spacial score (nSPS) is 14.8. The first kappa shape index (κ1) is 20.5. The second-order valence-electron chi connectivity index (χ2n) is 7.93. The Kier molecular flexibility index (Phi) is 10.8. The minimum absolute atomic E-state index is 0.166. The molecule has 0 aromatic rings. The number of unbranched alkanes of at least 4 members (excludes halogenated alkanes) is 2. The smallest absolute Gasteiger partial charge is 0.225 e. The van der Waals surface area contributed by atoms with Crippen LogP contribution in [0.4, 0.5) is 0 Å². The van der Waals surface area contributed by atoms with E-state index in [4.69, 9.17) is 0 Å². The molecule has 126 valence electrons. The third kappa shape index (κ3) is 11.8. The highest BCUT2D eigenvalue weighted by atomic mass is 16.2. The zero-order valence-corrected chi connectivity index (χ0v) is 15.4. The van der Waals surface area contributed by atoms with Crippen LogP contribution in [0.3, 0.4) is 0 Å². The summed E-state index contributed by atoms with van der Waals surface area (Å²) in [5.74, 6) is 1.76. The van der Waals surface area contributed by atoms with Crippen molar-refractivity contribution in [1.29, 1.82) is 0 Å². The molecule has 0 fully saturated rings. The van der Waals surface area contributed by atoms with Gasteiger partial charge in [-0.25, -0.2) is 0 Å². The molecule has 0 spiro atoms. The fourth-order valence-electron chi connectivity index (χ4n) is 2.54. The highest BCUT2D eigenvalue weighted by molar-refractivity contribution is 5.81. The third-order valence-electron chi connectivity index (χ3n) is 4.30. The Morgan fingerprint density at radius 2 is 1.43 bits per heavy atom. The van der Waals surface area contributed by atoms with Crippen LogP contribution in [0.2, 0.25) is 0 Å². The van der Waals surface area contributed by atoms with Gasteiger partial charge in [-0.3, -0.25) is 4.79 Å². The molecule has 0 aliphatic heterocycles. The molecule has 21 heavy (non-hydrogen) atoms. The van der Waals surface area contributed by atoms with E-state index in [0.717, 1.165) is 18.9 Å². The Morgan fingerprint density at radius 1 is 0.905 bits per heavy atom. The predicted octanol–water partition coefficient (Wildman–Crippen LogP) is 5.56. The molecule has 2 atom stereocenters. The van der Waals surface area contributed by atoms with E-state index in [1.54, 1.807) is 0 Å². The lowest BCUT2D eigenvalue weighted by atomic mass is 9.93. The van der Waals surface area contributed by atoms with Crippen molar-refractivity contribution >= 4 is 5.91 Å². The van der Waals surface area contributed by atoms with Gasteiger partial charge in [-0.2, -0.15) is 0 Å². The van der Waals surface area contributed by atoms with Gasteiger partial charge in [0.05, 0.1) is 0 Å². The van der Waals surface area contributed by atoms with Crippen molar-refractivity contribution in [2.75, 3.05) is 6.54 Å². The first-order chi connectivity index (χ1) is 9.77. The van der Waals surface area contributed by atoms with Gasteiger partial charge in [0.15, 0.2) is 0 Å². The standard InChI is InChI=1S/C19H39NO/c1-7-8-9-11-16(2)12-10-13-17(3)14-15-20-18(21)19(4,5)6/h16-17H,7-15H2,1-6H3,(H,20,21). The van der Waals surface area contributed by atoms with E-state index in [2.05, 4.69) is 26.1 Å². The van der Waals surface area contributed by atoms with Crippen LogP contribution in [-0.2, 0) is 4.79 Å². The van der Waals surface area contributed by atoms with Gasteiger partial charge in [-0.15, -0.1) is 0 Å². The third-order valence-corrected chi connectivity index (χ3v) is 4.30. The van der Waals surface area contributed by atoms with Crippen LogP contribution in [-0.4, -0.2) is 12.5 Å². The molecule has 0 aliphatic carbocycles. The summed E-state index contributed by atoms with van der Waals surface area (Å²) < 4.78 is 0. The Morgan fingerprint density at radius 3 is 1.95 bits per heavy atom. The second kappa shape index (κ2) is 11.1. The lowest BCUT2D eigenvalue weighted by Gasteiger charge is -2.19. The summed E-state index contributed by atoms with van der Waals surface area (Å²) in [6, 6.07) is 0. The fourth-order valence-corrected chi connectivity index (χ4v) is 2.54. The van der Waals surface area contributed by atoms with Crippen molar-refractivity contribution in [3.8, 4) is 0 Å². The van der Waals surface area contributed by atoms with Gasteiger partial charge in [-0.05, 0) is 18.3 Å². The number of hydrogen-bond acceptors (Lipinski definition) is 1. The molecule has 2 heteroatoms.